The molecule has 0 radical (unpaired) electrons. The summed E-state index contributed by atoms with van der Waals surface area (Å²) in [5.74, 6) is 0.942. The number of nitrogens with one attached hydrogen (secondary N) is 1. The van der Waals surface area contributed by atoms with Crippen LogP contribution in [-0.4, -0.2) is 12.9 Å². The lowest BCUT2D eigenvalue weighted by Gasteiger charge is -2.13. The number of hydrogen-bond donors (Lipinski definition) is 1. The Labute approximate surface area is 139 Å². The number of rotatable bonds is 4. The highest BCUT2D eigenvalue weighted by atomic mass is 32.1. The minimum atomic E-state index is 0.142. The van der Waals surface area contributed by atoms with Gasteiger partial charge in [0, 0.05) is 23.1 Å². The highest BCUT2D eigenvalue weighted by Crippen LogP contribution is 2.36. The number of carbonyl (C=O) groups is 1. The molecule has 116 valence electrons. The summed E-state index contributed by atoms with van der Waals surface area (Å²) in [6, 6.07) is 11.9. The van der Waals surface area contributed by atoms with E-state index in [-0.39, 0.29) is 5.78 Å². The number of thiophene rings is 1. The van der Waals surface area contributed by atoms with E-state index in [1.54, 1.807) is 13.2 Å². The second kappa shape index (κ2) is 6.67. The molecule has 1 N–H and O–H groups in total. The smallest absolute Gasteiger partial charge is 0.157 e. The van der Waals surface area contributed by atoms with Crippen molar-refractivity contribution in [2.24, 2.45) is 0 Å². The molecule has 23 heavy (non-hydrogen) atoms. The quantitative estimate of drug-likeness (QED) is 0.908. The van der Waals surface area contributed by atoms with Crippen LogP contribution in [0, 0.1) is 11.3 Å². The molecule has 1 aromatic heterocycles. The fraction of sp³-hybridized carbons (Fsp3) is 0.222. The number of hydrogen-bond acceptors (Lipinski definition) is 5. The van der Waals surface area contributed by atoms with Gasteiger partial charge in [0.15, 0.2) is 5.78 Å². The van der Waals surface area contributed by atoms with Crippen LogP contribution in [0.4, 0.5) is 5.69 Å². The summed E-state index contributed by atoms with van der Waals surface area (Å²) in [5.41, 5.74) is 2.69. The minimum Gasteiger partial charge on any atom is -0.497 e. The Hall–Kier alpha value is -2.58. The summed E-state index contributed by atoms with van der Waals surface area (Å²) >= 11 is 1.44. The number of anilines is 1. The normalized spacial score (nSPS) is 14.1. The van der Waals surface area contributed by atoms with Gasteiger partial charge in [-0.25, -0.2) is 0 Å². The van der Waals surface area contributed by atoms with E-state index >= 15 is 0 Å². The number of benzene rings is 1. The van der Waals surface area contributed by atoms with Crippen molar-refractivity contribution < 1.29 is 9.53 Å². The summed E-state index contributed by atoms with van der Waals surface area (Å²) in [6.07, 6.45) is 3.95. The van der Waals surface area contributed by atoms with Gasteiger partial charge in [-0.05, 0) is 48.7 Å². The van der Waals surface area contributed by atoms with Gasteiger partial charge in [0.2, 0.25) is 0 Å². The molecule has 0 bridgehead atoms. The van der Waals surface area contributed by atoms with E-state index in [2.05, 4.69) is 11.4 Å². The molecule has 5 heteroatoms. The Balaban J connectivity index is 1.88. The SMILES string of the molecule is COc1ccc(-c2cc(NC3=CC(=O)CCC3)c(C#N)s2)cc1. The van der Waals surface area contributed by atoms with E-state index < -0.39 is 0 Å². The summed E-state index contributed by atoms with van der Waals surface area (Å²) in [6.45, 7) is 0. The molecule has 1 heterocycles. The molecule has 0 saturated heterocycles. The van der Waals surface area contributed by atoms with Crippen LogP contribution in [0.25, 0.3) is 10.4 Å². The van der Waals surface area contributed by atoms with Crippen molar-refractivity contribution in [1.82, 2.24) is 0 Å². The Morgan fingerprint density at radius 3 is 2.70 bits per heavy atom. The third kappa shape index (κ3) is 3.43. The van der Waals surface area contributed by atoms with Crippen LogP contribution in [0.2, 0.25) is 0 Å². The van der Waals surface area contributed by atoms with Crippen LogP contribution in [0.3, 0.4) is 0 Å². The molecule has 0 saturated carbocycles. The maximum Gasteiger partial charge on any atom is 0.157 e. The maximum atomic E-state index is 11.5. The molecule has 1 aliphatic rings. The van der Waals surface area contributed by atoms with Crippen LogP contribution in [0.15, 0.2) is 42.1 Å². The monoisotopic (exact) mass is 324 g/mol. The van der Waals surface area contributed by atoms with Crippen molar-refractivity contribution in [3.05, 3.63) is 47.0 Å². The van der Waals surface area contributed by atoms with Crippen LogP contribution in [-0.2, 0) is 4.79 Å². The predicted molar refractivity (Wildman–Crippen MR) is 91.6 cm³/mol. The van der Waals surface area contributed by atoms with Gasteiger partial charge >= 0.3 is 0 Å². The van der Waals surface area contributed by atoms with E-state index in [9.17, 15) is 10.1 Å². The van der Waals surface area contributed by atoms with E-state index in [0.29, 0.717) is 11.3 Å². The lowest BCUT2D eigenvalue weighted by atomic mass is 10.0. The fourth-order valence-electron chi connectivity index (χ4n) is 2.53. The number of ketones is 1. The predicted octanol–water partition coefficient (Wildman–Crippen LogP) is 4.34. The molecule has 1 aromatic carbocycles. The largest absolute Gasteiger partial charge is 0.497 e. The molecule has 0 amide bonds. The number of carbonyl (C=O) groups excluding carboxylic acids is 1. The molecule has 2 aromatic rings. The Morgan fingerprint density at radius 2 is 2.04 bits per heavy atom. The van der Waals surface area contributed by atoms with Crippen molar-refractivity contribution in [3.63, 3.8) is 0 Å². The molecular formula is C18H16N2O2S. The molecule has 0 atom stereocenters. The second-order valence-electron chi connectivity index (χ2n) is 5.31. The van der Waals surface area contributed by atoms with Crippen LogP contribution >= 0.6 is 11.3 Å². The molecule has 0 aliphatic heterocycles. The van der Waals surface area contributed by atoms with Crippen molar-refractivity contribution in [3.8, 4) is 22.3 Å². The lowest BCUT2D eigenvalue weighted by molar-refractivity contribution is -0.115. The Kier molecular flexibility index (Phi) is 4.45. The first-order chi connectivity index (χ1) is 11.2. The second-order valence-corrected chi connectivity index (χ2v) is 6.36. The number of methoxy groups -OCH3 is 1. The molecule has 1 aliphatic carbocycles. The van der Waals surface area contributed by atoms with Gasteiger partial charge in [0.1, 0.15) is 16.7 Å². The fourth-order valence-corrected chi connectivity index (χ4v) is 3.44. The molecule has 0 spiro atoms. The molecule has 0 fully saturated rings. The first-order valence-electron chi connectivity index (χ1n) is 7.38. The highest BCUT2D eigenvalue weighted by Gasteiger charge is 2.14. The third-order valence-corrected chi connectivity index (χ3v) is 4.80. The summed E-state index contributed by atoms with van der Waals surface area (Å²) in [7, 11) is 1.63. The minimum absolute atomic E-state index is 0.142. The van der Waals surface area contributed by atoms with Gasteiger partial charge in [0.25, 0.3) is 0 Å². The van der Waals surface area contributed by atoms with Gasteiger partial charge in [-0.1, -0.05) is 0 Å². The average Bonchev–Trinajstić information content (AvgIpc) is 2.98. The molecule has 0 unspecified atom stereocenters. The Morgan fingerprint density at radius 1 is 1.26 bits per heavy atom. The van der Waals surface area contributed by atoms with Gasteiger partial charge in [0.05, 0.1) is 12.8 Å². The lowest BCUT2D eigenvalue weighted by Crippen LogP contribution is -2.09. The maximum absolute atomic E-state index is 11.5. The third-order valence-electron chi connectivity index (χ3n) is 3.71. The molecule has 4 nitrogen and oxygen atoms in total. The standard InChI is InChI=1S/C18H16N2O2S/c1-22-15-7-5-12(6-8-15)17-10-16(18(11-19)23-17)20-13-3-2-4-14(21)9-13/h5-10,20H,2-4H2,1H3. The van der Waals surface area contributed by atoms with Crippen LogP contribution in [0.5, 0.6) is 5.75 Å². The van der Waals surface area contributed by atoms with Crippen molar-refractivity contribution in [2.75, 3.05) is 12.4 Å². The topological polar surface area (TPSA) is 62.1 Å². The van der Waals surface area contributed by atoms with E-state index in [1.165, 1.54) is 11.3 Å². The van der Waals surface area contributed by atoms with Gasteiger partial charge in [-0.2, -0.15) is 5.26 Å². The van der Waals surface area contributed by atoms with Gasteiger partial charge < -0.3 is 10.1 Å². The van der Waals surface area contributed by atoms with E-state index in [1.807, 2.05) is 30.3 Å². The zero-order chi connectivity index (χ0) is 16.2. The van der Waals surface area contributed by atoms with E-state index in [4.69, 9.17) is 4.74 Å². The van der Waals surface area contributed by atoms with Crippen molar-refractivity contribution >= 4 is 22.8 Å². The molecule has 3 rings (SSSR count). The number of allylic oxidation sites excluding steroid dienone is 2. The first-order valence-corrected chi connectivity index (χ1v) is 8.20. The van der Waals surface area contributed by atoms with Crippen molar-refractivity contribution in [2.45, 2.75) is 19.3 Å². The van der Waals surface area contributed by atoms with Crippen LogP contribution < -0.4 is 10.1 Å². The summed E-state index contributed by atoms with van der Waals surface area (Å²) < 4.78 is 5.17. The molecular weight excluding hydrogens is 308 g/mol. The zero-order valence-corrected chi connectivity index (χ0v) is 13.6. The van der Waals surface area contributed by atoms with Crippen molar-refractivity contribution in [1.29, 1.82) is 5.26 Å². The van der Waals surface area contributed by atoms with Gasteiger partial charge in [-0.15, -0.1) is 11.3 Å². The number of nitriles is 1. The van der Waals surface area contributed by atoms with Crippen LogP contribution in [0.1, 0.15) is 24.1 Å². The van der Waals surface area contributed by atoms with Gasteiger partial charge in [-0.3, -0.25) is 4.79 Å². The Bertz CT molecular complexity index is 797. The summed E-state index contributed by atoms with van der Waals surface area (Å²) in [5, 5.41) is 12.6. The zero-order valence-electron chi connectivity index (χ0n) is 12.8. The number of nitrogens with zero attached hydrogens (tertiary/aromatic N) is 1. The summed E-state index contributed by atoms with van der Waals surface area (Å²) in [4.78, 5) is 13.1. The highest BCUT2D eigenvalue weighted by molar-refractivity contribution is 7.16. The average molecular weight is 324 g/mol. The number of ether oxygens (including phenoxy) is 1. The first kappa shape index (κ1) is 15.3. The van der Waals surface area contributed by atoms with E-state index in [0.717, 1.165) is 40.4 Å².